The van der Waals surface area contributed by atoms with Crippen molar-refractivity contribution >= 4 is 22.9 Å². The van der Waals surface area contributed by atoms with Crippen molar-refractivity contribution < 1.29 is 25.2 Å². The first-order valence-electron chi connectivity index (χ1n) is 10.2. The van der Waals surface area contributed by atoms with Crippen molar-refractivity contribution in [1.29, 1.82) is 0 Å². The minimum Gasteiger partial charge on any atom is -0.394 e. The summed E-state index contributed by atoms with van der Waals surface area (Å²) in [6, 6.07) is 19.6. The van der Waals surface area contributed by atoms with Crippen molar-refractivity contribution in [1.82, 2.24) is 0 Å². The summed E-state index contributed by atoms with van der Waals surface area (Å²) in [7, 11) is 0. The van der Waals surface area contributed by atoms with Gasteiger partial charge in [-0.15, -0.1) is 11.3 Å². The maximum Gasteiger partial charge on any atom is 0.113 e. The number of aliphatic hydroxyl groups excluding tert-OH is 4. The van der Waals surface area contributed by atoms with E-state index in [0.717, 1.165) is 16.9 Å². The van der Waals surface area contributed by atoms with Gasteiger partial charge in [-0.05, 0) is 40.6 Å². The summed E-state index contributed by atoms with van der Waals surface area (Å²) >= 11 is 8.28. The summed E-state index contributed by atoms with van der Waals surface area (Å²) in [6.45, 7) is -0.465. The second kappa shape index (κ2) is 9.79. The second-order valence-corrected chi connectivity index (χ2v) is 9.17. The zero-order valence-corrected chi connectivity index (χ0v) is 18.3. The molecule has 1 aromatic heterocycles. The van der Waals surface area contributed by atoms with E-state index in [-0.39, 0.29) is 5.92 Å². The van der Waals surface area contributed by atoms with Crippen molar-refractivity contribution in [3.05, 3.63) is 92.6 Å². The molecule has 0 amide bonds. The Morgan fingerprint density at radius 3 is 2.39 bits per heavy atom. The second-order valence-electron chi connectivity index (χ2n) is 7.79. The van der Waals surface area contributed by atoms with Gasteiger partial charge in [0.2, 0.25) is 0 Å². The lowest BCUT2D eigenvalue weighted by Crippen LogP contribution is -2.55. The van der Waals surface area contributed by atoms with E-state index in [4.69, 9.17) is 16.3 Å². The molecule has 1 fully saturated rings. The minimum atomic E-state index is -1.42. The number of halogens is 1. The number of hydrogen-bond donors (Lipinski definition) is 4. The van der Waals surface area contributed by atoms with Gasteiger partial charge in [0, 0.05) is 15.8 Å². The molecule has 31 heavy (non-hydrogen) atoms. The first-order chi connectivity index (χ1) is 15.0. The van der Waals surface area contributed by atoms with Gasteiger partial charge in [0.25, 0.3) is 0 Å². The van der Waals surface area contributed by atoms with Crippen molar-refractivity contribution in [2.24, 2.45) is 0 Å². The topological polar surface area (TPSA) is 90.2 Å². The molecule has 1 saturated heterocycles. The Bertz CT molecular complexity index is 979. The lowest BCUT2D eigenvalue weighted by molar-refractivity contribution is -0.231. The van der Waals surface area contributed by atoms with Gasteiger partial charge in [0.15, 0.2) is 0 Å². The fraction of sp³-hybridized carbons (Fsp3) is 0.333. The molecule has 6 atom stereocenters. The molecule has 1 aliphatic rings. The highest BCUT2D eigenvalue weighted by molar-refractivity contribution is 7.10. The number of hydrogen-bond acceptors (Lipinski definition) is 6. The molecular formula is C24H25ClO5S. The fourth-order valence-corrected chi connectivity index (χ4v) is 5.18. The van der Waals surface area contributed by atoms with E-state index < -0.39 is 37.1 Å². The maximum atomic E-state index is 10.5. The molecule has 0 bridgehead atoms. The van der Waals surface area contributed by atoms with Crippen molar-refractivity contribution in [3.8, 4) is 0 Å². The molecule has 0 saturated carbocycles. The van der Waals surface area contributed by atoms with Crippen LogP contribution in [-0.4, -0.2) is 51.4 Å². The smallest absolute Gasteiger partial charge is 0.113 e. The highest BCUT2D eigenvalue weighted by Crippen LogP contribution is 2.39. The predicted octanol–water partition coefficient (Wildman–Crippen LogP) is 3.29. The molecule has 4 rings (SSSR count). The lowest BCUT2D eigenvalue weighted by Gasteiger charge is -2.40. The van der Waals surface area contributed by atoms with E-state index >= 15 is 0 Å². The van der Waals surface area contributed by atoms with Gasteiger partial charge >= 0.3 is 0 Å². The van der Waals surface area contributed by atoms with Crippen LogP contribution in [0.1, 0.15) is 33.6 Å². The van der Waals surface area contributed by atoms with Crippen LogP contribution in [0.5, 0.6) is 0 Å². The summed E-state index contributed by atoms with van der Waals surface area (Å²) < 4.78 is 5.75. The zero-order valence-electron chi connectivity index (χ0n) is 16.7. The summed E-state index contributed by atoms with van der Waals surface area (Å²) in [5.74, 6) is -0.000245. The van der Waals surface area contributed by atoms with Crippen LogP contribution in [0.4, 0.5) is 0 Å². The molecule has 3 aromatic rings. The SMILES string of the molecule is OC[C@H]1OC(c2ccc(Cl)c(C(Cc3ccccc3)c3cccs3)c2)[C@H](O)[C@@H](O)[C@@H]1O. The Morgan fingerprint density at radius 2 is 1.71 bits per heavy atom. The summed E-state index contributed by atoms with van der Waals surface area (Å²) in [5.41, 5.74) is 2.70. The Kier molecular flexibility index (Phi) is 7.08. The summed E-state index contributed by atoms with van der Waals surface area (Å²) in [6.07, 6.45) is -5.25. The van der Waals surface area contributed by atoms with E-state index in [2.05, 4.69) is 18.2 Å². The third-order valence-corrected chi connectivity index (χ3v) is 7.12. The van der Waals surface area contributed by atoms with E-state index in [1.807, 2.05) is 35.7 Å². The van der Waals surface area contributed by atoms with Crippen molar-refractivity contribution in [2.45, 2.75) is 42.9 Å². The van der Waals surface area contributed by atoms with Gasteiger partial charge in [0.05, 0.1) is 6.61 Å². The van der Waals surface area contributed by atoms with Crippen molar-refractivity contribution in [3.63, 3.8) is 0 Å². The molecule has 0 radical (unpaired) electrons. The van der Waals surface area contributed by atoms with E-state index in [1.165, 1.54) is 5.56 Å². The van der Waals surface area contributed by atoms with Crippen LogP contribution in [-0.2, 0) is 11.2 Å². The van der Waals surface area contributed by atoms with Gasteiger partial charge < -0.3 is 25.2 Å². The molecule has 2 unspecified atom stereocenters. The maximum absolute atomic E-state index is 10.5. The van der Waals surface area contributed by atoms with Crippen LogP contribution in [0.3, 0.4) is 0 Å². The molecule has 2 aromatic carbocycles. The van der Waals surface area contributed by atoms with Crippen LogP contribution >= 0.6 is 22.9 Å². The summed E-state index contributed by atoms with van der Waals surface area (Å²) in [5, 5.41) is 43.0. The van der Waals surface area contributed by atoms with Crippen LogP contribution in [0.2, 0.25) is 5.02 Å². The Balaban J connectivity index is 1.71. The van der Waals surface area contributed by atoms with Crippen LogP contribution in [0, 0.1) is 0 Å². The predicted molar refractivity (Wildman–Crippen MR) is 120 cm³/mol. The molecule has 2 heterocycles. The Labute approximate surface area is 190 Å². The average Bonchev–Trinajstić information content (AvgIpc) is 3.32. The largest absolute Gasteiger partial charge is 0.394 e. The van der Waals surface area contributed by atoms with E-state index in [0.29, 0.717) is 10.6 Å². The number of benzene rings is 2. The molecular weight excluding hydrogens is 436 g/mol. The van der Waals surface area contributed by atoms with E-state index in [1.54, 1.807) is 23.5 Å². The first kappa shape index (κ1) is 22.4. The number of ether oxygens (including phenoxy) is 1. The molecule has 5 nitrogen and oxygen atoms in total. The quantitative estimate of drug-likeness (QED) is 0.453. The number of aliphatic hydroxyl groups is 4. The Hall–Kier alpha value is -1.77. The molecule has 4 N–H and O–H groups in total. The van der Waals surface area contributed by atoms with Crippen LogP contribution in [0.15, 0.2) is 66.0 Å². The highest BCUT2D eigenvalue weighted by Gasteiger charge is 2.44. The molecule has 164 valence electrons. The lowest BCUT2D eigenvalue weighted by atomic mass is 9.86. The monoisotopic (exact) mass is 460 g/mol. The Morgan fingerprint density at radius 1 is 0.935 bits per heavy atom. The molecule has 1 aliphatic heterocycles. The minimum absolute atomic E-state index is 0.000245. The van der Waals surface area contributed by atoms with Gasteiger partial charge in [0.1, 0.15) is 30.5 Å². The highest BCUT2D eigenvalue weighted by atomic mass is 35.5. The number of thiophene rings is 1. The molecule has 0 aliphatic carbocycles. The summed E-state index contributed by atoms with van der Waals surface area (Å²) in [4.78, 5) is 1.16. The molecule has 7 heteroatoms. The van der Waals surface area contributed by atoms with Gasteiger partial charge in [-0.2, -0.15) is 0 Å². The number of rotatable bonds is 6. The standard InChI is InChI=1S/C24H25ClO5S/c25-18-9-8-15(24-23(29)22(28)21(27)19(13-26)30-24)12-16(18)17(20-7-4-10-31-20)11-14-5-2-1-3-6-14/h1-10,12,17,19,21-24,26-29H,11,13H2/t17?,19-,21-,22+,23-,24?/m1/s1. The molecule has 0 spiro atoms. The van der Waals surface area contributed by atoms with Gasteiger partial charge in [-0.3, -0.25) is 0 Å². The normalized spacial score (nSPS) is 27.2. The van der Waals surface area contributed by atoms with Gasteiger partial charge in [-0.1, -0.05) is 60.1 Å². The zero-order chi connectivity index (χ0) is 22.0. The van der Waals surface area contributed by atoms with E-state index in [9.17, 15) is 20.4 Å². The van der Waals surface area contributed by atoms with Crippen molar-refractivity contribution in [2.75, 3.05) is 6.61 Å². The van der Waals surface area contributed by atoms with Gasteiger partial charge in [-0.25, -0.2) is 0 Å². The third-order valence-electron chi connectivity index (χ3n) is 5.79. The first-order valence-corrected chi connectivity index (χ1v) is 11.4. The fourth-order valence-electron chi connectivity index (χ4n) is 4.09. The van der Waals surface area contributed by atoms with Crippen LogP contribution < -0.4 is 0 Å². The van der Waals surface area contributed by atoms with Crippen LogP contribution in [0.25, 0.3) is 0 Å². The average molecular weight is 461 g/mol. The third kappa shape index (κ3) is 4.71.